The zero-order valence-corrected chi connectivity index (χ0v) is 16.9. The number of pyridine rings is 2. The van der Waals surface area contributed by atoms with Gasteiger partial charge in [-0.1, -0.05) is 11.6 Å². The van der Waals surface area contributed by atoms with Crippen LogP contribution in [0, 0.1) is 5.41 Å². The van der Waals surface area contributed by atoms with Gasteiger partial charge in [0.2, 0.25) is 0 Å². The number of morpholine rings is 1. The summed E-state index contributed by atoms with van der Waals surface area (Å²) in [5, 5.41) is 10.2. The van der Waals surface area contributed by atoms with E-state index in [0.717, 1.165) is 39.4 Å². The Labute approximate surface area is 172 Å². The number of ether oxygens (including phenoxy) is 1. The van der Waals surface area contributed by atoms with Crippen molar-refractivity contribution in [3.05, 3.63) is 45.9 Å². The monoisotopic (exact) mass is 413 g/mol. The zero-order chi connectivity index (χ0) is 19.7. The van der Waals surface area contributed by atoms with E-state index in [2.05, 4.69) is 22.9 Å². The molecular weight excluding hydrogens is 394 g/mol. The lowest BCUT2D eigenvalue weighted by Crippen LogP contribution is -2.44. The van der Waals surface area contributed by atoms with Crippen molar-refractivity contribution in [1.29, 1.82) is 5.41 Å². The third-order valence-electron chi connectivity index (χ3n) is 4.82. The number of thiophene rings is 1. The molecule has 1 aliphatic rings. The zero-order valence-electron chi connectivity index (χ0n) is 15.4. The van der Waals surface area contributed by atoms with E-state index in [4.69, 9.17) is 32.5 Å². The number of nitrogens with one attached hydrogen (secondary N) is 1. The number of rotatable bonds is 4. The summed E-state index contributed by atoms with van der Waals surface area (Å²) in [4.78, 5) is 11.6. The fourth-order valence-electron chi connectivity index (χ4n) is 3.44. The number of allylic oxidation sites excluding steroid dienone is 1. The maximum Gasteiger partial charge on any atom is 0.130 e. The van der Waals surface area contributed by atoms with Crippen molar-refractivity contribution in [1.82, 2.24) is 9.97 Å². The summed E-state index contributed by atoms with van der Waals surface area (Å²) in [7, 11) is 0. The minimum absolute atomic E-state index is 0.207. The first-order chi connectivity index (χ1) is 13.6. The molecule has 3 aromatic rings. The van der Waals surface area contributed by atoms with Crippen LogP contribution in [0.1, 0.15) is 12.6 Å². The van der Waals surface area contributed by atoms with Crippen molar-refractivity contribution in [3.8, 4) is 11.1 Å². The minimum atomic E-state index is 0.207. The smallest absolute Gasteiger partial charge is 0.130 e. The van der Waals surface area contributed by atoms with Crippen LogP contribution < -0.4 is 10.6 Å². The van der Waals surface area contributed by atoms with Gasteiger partial charge >= 0.3 is 0 Å². The van der Waals surface area contributed by atoms with Crippen molar-refractivity contribution >= 4 is 51.6 Å². The standard InChI is InChI=1S/C20H20ClN5OS/c1-12-11-27-8-7-26(12)17-10-15(14-4-9-28-20(14)21)13-3-6-24-19(18(13)25-17)16(23)2-5-22/h2-6,9-10,12,22H,7-8,11,23H2,1H3/b16-2-,22-5?/t12-/m1/s1. The molecule has 0 unspecified atom stereocenters. The summed E-state index contributed by atoms with van der Waals surface area (Å²) in [5.74, 6) is 0.845. The molecule has 144 valence electrons. The molecule has 0 aromatic carbocycles. The third kappa shape index (κ3) is 3.37. The minimum Gasteiger partial charge on any atom is -0.397 e. The summed E-state index contributed by atoms with van der Waals surface area (Å²) < 4.78 is 6.31. The van der Waals surface area contributed by atoms with Crippen molar-refractivity contribution in [2.45, 2.75) is 13.0 Å². The van der Waals surface area contributed by atoms with E-state index in [1.54, 1.807) is 6.20 Å². The van der Waals surface area contributed by atoms with Gasteiger partial charge < -0.3 is 20.8 Å². The molecule has 0 amide bonds. The molecule has 0 saturated carbocycles. The first-order valence-electron chi connectivity index (χ1n) is 8.94. The van der Waals surface area contributed by atoms with Crippen LogP contribution in [0.15, 0.2) is 35.9 Å². The molecule has 1 atom stereocenters. The van der Waals surface area contributed by atoms with Gasteiger partial charge in [-0.2, -0.15) is 0 Å². The lowest BCUT2D eigenvalue weighted by molar-refractivity contribution is 0.0986. The van der Waals surface area contributed by atoms with Gasteiger partial charge in [0.1, 0.15) is 21.4 Å². The van der Waals surface area contributed by atoms with Gasteiger partial charge in [-0.3, -0.25) is 4.98 Å². The van der Waals surface area contributed by atoms with Crippen LogP contribution in [-0.4, -0.2) is 42.0 Å². The van der Waals surface area contributed by atoms with Crippen molar-refractivity contribution in [2.24, 2.45) is 5.73 Å². The number of fused-ring (bicyclic) bond motifs is 1. The highest BCUT2D eigenvalue weighted by Crippen LogP contribution is 2.39. The highest BCUT2D eigenvalue weighted by Gasteiger charge is 2.23. The maximum absolute atomic E-state index is 7.34. The van der Waals surface area contributed by atoms with E-state index < -0.39 is 0 Å². The number of hydrogen-bond acceptors (Lipinski definition) is 7. The van der Waals surface area contributed by atoms with Crippen molar-refractivity contribution < 1.29 is 4.74 Å². The topological polar surface area (TPSA) is 88.1 Å². The number of aromatic nitrogens is 2. The Bertz CT molecular complexity index is 1060. The van der Waals surface area contributed by atoms with Crippen LogP contribution in [0.25, 0.3) is 27.7 Å². The highest BCUT2D eigenvalue weighted by molar-refractivity contribution is 7.15. The number of hydrogen-bond donors (Lipinski definition) is 2. The largest absolute Gasteiger partial charge is 0.397 e. The Hall–Kier alpha value is -2.48. The summed E-state index contributed by atoms with van der Waals surface area (Å²) in [5.41, 5.74) is 9.81. The normalized spacial score (nSPS) is 17.9. The van der Waals surface area contributed by atoms with Gasteiger partial charge in [-0.05, 0) is 42.1 Å². The predicted octanol–water partition coefficient (Wildman–Crippen LogP) is 4.19. The third-order valence-corrected chi connectivity index (χ3v) is 5.99. The second kappa shape index (κ2) is 7.87. The molecule has 1 saturated heterocycles. The molecule has 0 spiro atoms. The molecule has 4 rings (SSSR count). The van der Waals surface area contributed by atoms with Crippen LogP contribution in [0.5, 0.6) is 0 Å². The van der Waals surface area contributed by atoms with Gasteiger partial charge in [-0.25, -0.2) is 4.98 Å². The maximum atomic E-state index is 7.34. The molecule has 1 aliphatic heterocycles. The number of nitrogens with two attached hydrogens (primary N) is 1. The number of halogens is 1. The molecule has 0 radical (unpaired) electrons. The molecule has 1 fully saturated rings. The quantitative estimate of drug-likeness (QED) is 0.626. The van der Waals surface area contributed by atoms with E-state index in [1.807, 2.05) is 17.5 Å². The van der Waals surface area contributed by atoms with E-state index in [1.165, 1.54) is 17.4 Å². The Morgan fingerprint density at radius 1 is 1.43 bits per heavy atom. The van der Waals surface area contributed by atoms with Gasteiger partial charge in [0.15, 0.2) is 0 Å². The Morgan fingerprint density at radius 3 is 3.00 bits per heavy atom. The lowest BCUT2D eigenvalue weighted by Gasteiger charge is -2.34. The molecule has 8 heteroatoms. The van der Waals surface area contributed by atoms with Crippen molar-refractivity contribution in [3.63, 3.8) is 0 Å². The van der Waals surface area contributed by atoms with Crippen LogP contribution in [-0.2, 0) is 4.74 Å². The van der Waals surface area contributed by atoms with Gasteiger partial charge in [0.25, 0.3) is 0 Å². The SMILES string of the molecule is C[C@@H]1COCCN1c1cc(-c2ccsc2Cl)c2ccnc(/C(N)=C/C=N)c2n1. The van der Waals surface area contributed by atoms with Crippen LogP contribution in [0.4, 0.5) is 5.82 Å². The molecular formula is C20H20ClN5OS. The fraction of sp³-hybridized carbons (Fsp3) is 0.250. The first-order valence-corrected chi connectivity index (χ1v) is 10.2. The van der Waals surface area contributed by atoms with Crippen LogP contribution in [0.3, 0.4) is 0 Å². The van der Waals surface area contributed by atoms with Gasteiger partial charge in [0.05, 0.1) is 25.0 Å². The Kier molecular flexibility index (Phi) is 5.30. The van der Waals surface area contributed by atoms with Crippen molar-refractivity contribution in [2.75, 3.05) is 24.7 Å². The number of nitrogens with zero attached hydrogens (tertiary/aromatic N) is 3. The molecule has 3 aromatic heterocycles. The fourth-order valence-corrected chi connectivity index (χ4v) is 4.39. The average Bonchev–Trinajstić information content (AvgIpc) is 3.13. The molecule has 3 N–H and O–H groups in total. The van der Waals surface area contributed by atoms with E-state index in [0.29, 0.717) is 30.1 Å². The van der Waals surface area contributed by atoms with E-state index in [-0.39, 0.29) is 6.04 Å². The second-order valence-corrected chi connectivity index (χ2v) is 8.12. The lowest BCUT2D eigenvalue weighted by atomic mass is 10.0. The van der Waals surface area contributed by atoms with Crippen LogP contribution >= 0.6 is 22.9 Å². The molecule has 28 heavy (non-hydrogen) atoms. The molecule has 0 bridgehead atoms. The summed E-state index contributed by atoms with van der Waals surface area (Å²) in [6.45, 7) is 4.20. The molecule has 0 aliphatic carbocycles. The first kappa shape index (κ1) is 18.9. The van der Waals surface area contributed by atoms with Crippen LogP contribution in [0.2, 0.25) is 4.34 Å². The van der Waals surface area contributed by atoms with Gasteiger partial charge in [-0.15, -0.1) is 11.3 Å². The number of anilines is 1. The highest BCUT2D eigenvalue weighted by atomic mass is 35.5. The summed E-state index contributed by atoms with van der Waals surface area (Å²) >= 11 is 7.97. The Balaban J connectivity index is 2.01. The Morgan fingerprint density at radius 2 is 2.29 bits per heavy atom. The molecule has 6 nitrogen and oxygen atoms in total. The predicted molar refractivity (Wildman–Crippen MR) is 116 cm³/mol. The van der Waals surface area contributed by atoms with E-state index >= 15 is 0 Å². The molecule has 4 heterocycles. The van der Waals surface area contributed by atoms with E-state index in [9.17, 15) is 0 Å². The average molecular weight is 414 g/mol. The summed E-state index contributed by atoms with van der Waals surface area (Å²) in [6, 6.07) is 6.24. The second-order valence-electron chi connectivity index (χ2n) is 6.60. The van der Waals surface area contributed by atoms with Gasteiger partial charge in [0, 0.05) is 29.9 Å². The summed E-state index contributed by atoms with van der Waals surface area (Å²) in [6.07, 6.45) is 4.38.